The van der Waals surface area contributed by atoms with Crippen LogP contribution in [0.1, 0.15) is 0 Å². The van der Waals surface area contributed by atoms with Crippen LogP contribution >= 0.6 is 11.3 Å². The minimum atomic E-state index is -0.537. The van der Waals surface area contributed by atoms with Gasteiger partial charge in [-0.1, -0.05) is 30.3 Å². The summed E-state index contributed by atoms with van der Waals surface area (Å²) < 4.78 is 20.8. The summed E-state index contributed by atoms with van der Waals surface area (Å²) in [4.78, 5) is 16.3. The van der Waals surface area contributed by atoms with Crippen molar-refractivity contribution in [2.45, 2.75) is 0 Å². The fourth-order valence-corrected chi connectivity index (χ4v) is 3.01. The van der Waals surface area contributed by atoms with Gasteiger partial charge in [0, 0.05) is 16.5 Å². The zero-order chi connectivity index (χ0) is 15.1. The lowest BCUT2D eigenvalue weighted by atomic mass is 10.0. The molecule has 108 valence electrons. The van der Waals surface area contributed by atoms with E-state index in [9.17, 15) is 9.18 Å². The number of aromatic nitrogens is 2. The van der Waals surface area contributed by atoms with Gasteiger partial charge in [0.2, 0.25) is 0 Å². The van der Waals surface area contributed by atoms with Gasteiger partial charge in [-0.3, -0.25) is 0 Å². The predicted octanol–water partition coefficient (Wildman–Crippen LogP) is 3.85. The summed E-state index contributed by atoms with van der Waals surface area (Å²) in [6.07, 6.45) is 0. The molecule has 0 aliphatic heterocycles. The molecule has 0 atom stereocenters. The van der Waals surface area contributed by atoms with Crippen molar-refractivity contribution in [3.63, 3.8) is 0 Å². The zero-order valence-corrected chi connectivity index (χ0v) is 12.0. The van der Waals surface area contributed by atoms with Crippen LogP contribution in [0.3, 0.4) is 0 Å². The number of para-hydroxylation sites is 1. The summed E-state index contributed by atoms with van der Waals surface area (Å²) in [6, 6.07) is 11.6. The maximum Gasteiger partial charge on any atom is 0.425 e. The van der Waals surface area contributed by atoms with E-state index in [-0.39, 0.29) is 5.82 Å². The van der Waals surface area contributed by atoms with Crippen LogP contribution in [0.5, 0.6) is 0 Å². The maximum atomic E-state index is 14.2. The number of benzene rings is 2. The second kappa shape index (κ2) is 4.92. The standard InChI is InChI=1S/C16H9FN2O2S/c17-12-6-2-1-4-10(12)11-5-3-7-13-15(11)19(16(20)21-13)14-8-22-9-18-14/h1-9H. The number of halogens is 1. The van der Waals surface area contributed by atoms with Crippen molar-refractivity contribution in [3.8, 4) is 16.9 Å². The molecule has 0 N–H and O–H groups in total. The molecule has 4 rings (SSSR count). The molecule has 6 heteroatoms. The van der Waals surface area contributed by atoms with Crippen molar-refractivity contribution in [2.24, 2.45) is 0 Å². The molecule has 2 aromatic carbocycles. The third-order valence-electron chi connectivity index (χ3n) is 3.41. The molecule has 0 spiro atoms. The highest BCUT2D eigenvalue weighted by molar-refractivity contribution is 7.07. The third kappa shape index (κ3) is 1.88. The Morgan fingerprint density at radius 2 is 1.91 bits per heavy atom. The maximum absolute atomic E-state index is 14.2. The van der Waals surface area contributed by atoms with Crippen LogP contribution in [0.15, 0.2) is 62.6 Å². The lowest BCUT2D eigenvalue weighted by Gasteiger charge is -2.06. The first-order valence-electron chi connectivity index (χ1n) is 6.54. The van der Waals surface area contributed by atoms with Crippen molar-refractivity contribution in [2.75, 3.05) is 0 Å². The summed E-state index contributed by atoms with van der Waals surface area (Å²) >= 11 is 1.37. The molecule has 0 bridgehead atoms. The zero-order valence-electron chi connectivity index (χ0n) is 11.2. The molecule has 0 fully saturated rings. The van der Waals surface area contributed by atoms with Gasteiger partial charge in [0.1, 0.15) is 11.3 Å². The molecule has 2 heterocycles. The number of hydrogen-bond acceptors (Lipinski definition) is 4. The van der Waals surface area contributed by atoms with Crippen LogP contribution in [0, 0.1) is 5.82 Å². The van der Waals surface area contributed by atoms with E-state index in [1.54, 1.807) is 47.3 Å². The molecular formula is C16H9FN2O2S. The number of hydrogen-bond donors (Lipinski definition) is 0. The SMILES string of the molecule is O=c1oc2cccc(-c3ccccc3F)c2n1-c1cscn1. The normalized spacial score (nSPS) is 11.1. The van der Waals surface area contributed by atoms with Crippen LogP contribution in [0.2, 0.25) is 0 Å². The van der Waals surface area contributed by atoms with E-state index in [1.807, 2.05) is 0 Å². The van der Waals surface area contributed by atoms with Crippen molar-refractivity contribution in [1.29, 1.82) is 0 Å². The average Bonchev–Trinajstić information content (AvgIpc) is 3.13. The van der Waals surface area contributed by atoms with E-state index in [0.717, 1.165) is 0 Å². The van der Waals surface area contributed by atoms with Crippen LogP contribution in [-0.4, -0.2) is 9.55 Å². The minimum Gasteiger partial charge on any atom is -0.407 e. The van der Waals surface area contributed by atoms with E-state index >= 15 is 0 Å². The highest BCUT2D eigenvalue weighted by Crippen LogP contribution is 2.31. The summed E-state index contributed by atoms with van der Waals surface area (Å²) in [5, 5.41) is 1.74. The van der Waals surface area contributed by atoms with Gasteiger partial charge in [0.05, 0.1) is 5.51 Å². The number of oxazole rings is 1. The molecule has 4 aromatic rings. The second-order valence-corrected chi connectivity index (χ2v) is 5.40. The van der Waals surface area contributed by atoms with E-state index < -0.39 is 5.76 Å². The van der Waals surface area contributed by atoms with E-state index in [1.165, 1.54) is 22.0 Å². The summed E-state index contributed by atoms with van der Waals surface area (Å²) in [6.45, 7) is 0. The first-order valence-corrected chi connectivity index (χ1v) is 7.48. The molecule has 0 amide bonds. The molecule has 4 nitrogen and oxygen atoms in total. The molecule has 0 radical (unpaired) electrons. The Kier molecular flexibility index (Phi) is 2.90. The Morgan fingerprint density at radius 1 is 1.09 bits per heavy atom. The van der Waals surface area contributed by atoms with Gasteiger partial charge in [-0.05, 0) is 12.1 Å². The minimum absolute atomic E-state index is 0.353. The second-order valence-electron chi connectivity index (χ2n) is 4.68. The molecule has 0 saturated heterocycles. The first-order chi connectivity index (χ1) is 10.8. The van der Waals surface area contributed by atoms with Crippen LogP contribution in [-0.2, 0) is 0 Å². The fourth-order valence-electron chi connectivity index (χ4n) is 2.49. The molecule has 0 unspecified atom stereocenters. The third-order valence-corrected chi connectivity index (χ3v) is 3.99. The number of thiazole rings is 1. The fraction of sp³-hybridized carbons (Fsp3) is 0. The lowest BCUT2D eigenvalue weighted by molar-refractivity contribution is 0.539. The highest BCUT2D eigenvalue weighted by Gasteiger charge is 2.18. The Bertz CT molecular complexity index is 1020. The summed E-state index contributed by atoms with van der Waals surface area (Å²) in [5.41, 5.74) is 3.56. The van der Waals surface area contributed by atoms with E-state index in [0.29, 0.717) is 28.0 Å². The Balaban J connectivity index is 2.13. The predicted molar refractivity (Wildman–Crippen MR) is 82.9 cm³/mol. The highest BCUT2D eigenvalue weighted by atomic mass is 32.1. The first kappa shape index (κ1) is 13.0. The number of nitrogens with zero attached hydrogens (tertiary/aromatic N) is 2. The van der Waals surface area contributed by atoms with Gasteiger partial charge in [0.25, 0.3) is 0 Å². The van der Waals surface area contributed by atoms with Crippen molar-refractivity contribution in [3.05, 3.63) is 69.7 Å². The van der Waals surface area contributed by atoms with Gasteiger partial charge in [-0.2, -0.15) is 0 Å². The Morgan fingerprint density at radius 3 is 2.68 bits per heavy atom. The molecule has 0 aliphatic carbocycles. The number of rotatable bonds is 2. The van der Waals surface area contributed by atoms with Gasteiger partial charge >= 0.3 is 5.76 Å². The summed E-state index contributed by atoms with van der Waals surface area (Å²) in [7, 11) is 0. The smallest absolute Gasteiger partial charge is 0.407 e. The Hall–Kier alpha value is -2.73. The quantitative estimate of drug-likeness (QED) is 0.565. The molecule has 22 heavy (non-hydrogen) atoms. The molecule has 2 aromatic heterocycles. The molecular weight excluding hydrogens is 303 g/mol. The number of fused-ring (bicyclic) bond motifs is 1. The average molecular weight is 312 g/mol. The van der Waals surface area contributed by atoms with Gasteiger partial charge in [-0.25, -0.2) is 18.7 Å². The lowest BCUT2D eigenvalue weighted by Crippen LogP contribution is -2.12. The van der Waals surface area contributed by atoms with Crippen LogP contribution < -0.4 is 5.76 Å². The van der Waals surface area contributed by atoms with Gasteiger partial charge < -0.3 is 4.42 Å². The summed E-state index contributed by atoms with van der Waals surface area (Å²) in [5.74, 6) is -0.421. The largest absolute Gasteiger partial charge is 0.425 e. The molecule has 0 aliphatic rings. The van der Waals surface area contributed by atoms with Gasteiger partial charge in [-0.15, -0.1) is 11.3 Å². The van der Waals surface area contributed by atoms with Crippen molar-refractivity contribution < 1.29 is 8.81 Å². The van der Waals surface area contributed by atoms with Crippen molar-refractivity contribution in [1.82, 2.24) is 9.55 Å². The Labute approximate surface area is 128 Å². The van der Waals surface area contributed by atoms with Gasteiger partial charge in [0.15, 0.2) is 11.4 Å². The molecule has 0 saturated carbocycles. The van der Waals surface area contributed by atoms with Crippen molar-refractivity contribution >= 4 is 22.4 Å². The topological polar surface area (TPSA) is 48.0 Å². The van der Waals surface area contributed by atoms with E-state index in [2.05, 4.69) is 4.98 Å². The van der Waals surface area contributed by atoms with E-state index in [4.69, 9.17) is 4.42 Å². The van der Waals surface area contributed by atoms with Crippen LogP contribution in [0.25, 0.3) is 28.0 Å². The monoisotopic (exact) mass is 312 g/mol. The van der Waals surface area contributed by atoms with Crippen LogP contribution in [0.4, 0.5) is 4.39 Å².